The van der Waals surface area contributed by atoms with Crippen molar-refractivity contribution in [2.75, 3.05) is 0 Å². The zero-order valence-electron chi connectivity index (χ0n) is 5.95. The van der Waals surface area contributed by atoms with Crippen LogP contribution in [0.2, 0.25) is 0 Å². The van der Waals surface area contributed by atoms with Crippen molar-refractivity contribution in [1.82, 2.24) is 0 Å². The summed E-state index contributed by atoms with van der Waals surface area (Å²) in [5.41, 5.74) is 0. The second-order valence-electron chi connectivity index (χ2n) is 1.58. The molecular formula is C7H8Cl4O. The van der Waals surface area contributed by atoms with E-state index < -0.39 is 4.30 Å². The Hall–Kier alpha value is 0.180. The number of phenols is 1. The molecule has 0 atom stereocenters. The van der Waals surface area contributed by atoms with Crippen molar-refractivity contribution in [3.8, 4) is 5.75 Å². The number of benzene rings is 1. The van der Waals surface area contributed by atoms with Crippen molar-refractivity contribution in [1.29, 1.82) is 0 Å². The van der Waals surface area contributed by atoms with Gasteiger partial charge < -0.3 is 5.11 Å². The van der Waals surface area contributed by atoms with Gasteiger partial charge in [-0.1, -0.05) is 53.0 Å². The molecule has 0 spiro atoms. The molecule has 0 saturated heterocycles. The molecule has 0 aliphatic heterocycles. The third kappa shape index (κ3) is 12.8. The first kappa shape index (κ1) is 14.7. The molecule has 0 amide bonds. The lowest BCUT2D eigenvalue weighted by molar-refractivity contribution is 0.475. The lowest BCUT2D eigenvalue weighted by Crippen LogP contribution is -1.56. The van der Waals surface area contributed by atoms with E-state index in [1.54, 1.807) is 24.3 Å². The van der Waals surface area contributed by atoms with Gasteiger partial charge in [0, 0.05) is 0 Å². The first-order chi connectivity index (χ1) is 5.13. The maximum atomic E-state index is 8.63. The molecular weight excluding hydrogens is 242 g/mol. The van der Waals surface area contributed by atoms with Gasteiger partial charge in [0.05, 0.1) is 0 Å². The van der Waals surface area contributed by atoms with E-state index in [0.717, 1.165) is 0 Å². The second-order valence-corrected chi connectivity index (χ2v) is 3.56. The third-order valence-corrected chi connectivity index (χ3v) is 0.756. The lowest BCUT2D eigenvalue weighted by Gasteiger charge is -1.82. The van der Waals surface area contributed by atoms with Crippen LogP contribution >= 0.6 is 47.2 Å². The SMILES string of the molecule is Cl.ClC(Cl)Cl.Oc1ccccc1. The number of alkyl halides is 3. The summed E-state index contributed by atoms with van der Waals surface area (Å²) < 4.78 is -0.750. The highest BCUT2D eigenvalue weighted by molar-refractivity contribution is 6.63. The monoisotopic (exact) mass is 248 g/mol. The van der Waals surface area contributed by atoms with Gasteiger partial charge in [0.2, 0.25) is 0 Å². The molecule has 0 bridgehead atoms. The first-order valence-electron chi connectivity index (χ1n) is 2.79. The van der Waals surface area contributed by atoms with Crippen molar-refractivity contribution in [2.45, 2.75) is 4.30 Å². The molecule has 12 heavy (non-hydrogen) atoms. The fourth-order valence-corrected chi connectivity index (χ4v) is 0.428. The number of halogens is 4. The normalized spacial score (nSPS) is 8.00. The van der Waals surface area contributed by atoms with Gasteiger partial charge in [-0.2, -0.15) is 0 Å². The molecule has 70 valence electrons. The van der Waals surface area contributed by atoms with Crippen LogP contribution in [0, 0.1) is 0 Å². The van der Waals surface area contributed by atoms with E-state index >= 15 is 0 Å². The van der Waals surface area contributed by atoms with Crippen molar-refractivity contribution in [3.05, 3.63) is 30.3 Å². The number of hydrogen-bond acceptors (Lipinski definition) is 1. The molecule has 1 aromatic rings. The summed E-state index contributed by atoms with van der Waals surface area (Å²) in [4.78, 5) is 0. The van der Waals surface area contributed by atoms with Gasteiger partial charge in [-0.15, -0.1) is 12.4 Å². The number of aromatic hydroxyl groups is 1. The van der Waals surface area contributed by atoms with E-state index in [2.05, 4.69) is 0 Å². The van der Waals surface area contributed by atoms with Crippen LogP contribution in [0.25, 0.3) is 0 Å². The Morgan fingerprint density at radius 3 is 1.50 bits per heavy atom. The molecule has 0 unspecified atom stereocenters. The van der Waals surface area contributed by atoms with E-state index in [4.69, 9.17) is 39.9 Å². The second kappa shape index (κ2) is 9.27. The minimum absolute atomic E-state index is 0. The summed E-state index contributed by atoms with van der Waals surface area (Å²) in [6.45, 7) is 0. The van der Waals surface area contributed by atoms with Crippen molar-refractivity contribution < 1.29 is 5.11 Å². The molecule has 0 fully saturated rings. The van der Waals surface area contributed by atoms with Gasteiger partial charge in [-0.05, 0) is 12.1 Å². The summed E-state index contributed by atoms with van der Waals surface area (Å²) in [5.74, 6) is 0.322. The van der Waals surface area contributed by atoms with Crippen LogP contribution in [0.1, 0.15) is 0 Å². The highest BCUT2D eigenvalue weighted by Gasteiger charge is 1.79. The molecule has 0 radical (unpaired) electrons. The van der Waals surface area contributed by atoms with Crippen LogP contribution in [-0.2, 0) is 0 Å². The molecule has 1 N–H and O–H groups in total. The Balaban J connectivity index is 0. The van der Waals surface area contributed by atoms with Crippen LogP contribution in [-0.4, -0.2) is 9.40 Å². The Kier molecular flexibility index (Phi) is 11.3. The first-order valence-corrected chi connectivity index (χ1v) is 4.10. The maximum absolute atomic E-state index is 8.63. The summed E-state index contributed by atoms with van der Waals surface area (Å²) in [6, 6.07) is 8.71. The van der Waals surface area contributed by atoms with Gasteiger partial charge in [-0.25, -0.2) is 0 Å². The van der Waals surface area contributed by atoms with Crippen molar-refractivity contribution in [2.24, 2.45) is 0 Å². The topological polar surface area (TPSA) is 20.2 Å². The average Bonchev–Trinajstić information content (AvgIpc) is 1.87. The van der Waals surface area contributed by atoms with Crippen molar-refractivity contribution in [3.63, 3.8) is 0 Å². The fourth-order valence-electron chi connectivity index (χ4n) is 0.428. The predicted molar refractivity (Wildman–Crippen MR) is 56.7 cm³/mol. The summed E-state index contributed by atoms with van der Waals surface area (Å²) >= 11 is 14.4. The minimum atomic E-state index is -0.750. The minimum Gasteiger partial charge on any atom is -0.508 e. The number of phenolic OH excluding ortho intramolecular Hbond substituents is 1. The molecule has 0 heterocycles. The molecule has 0 aliphatic carbocycles. The maximum Gasteiger partial charge on any atom is 0.180 e. The van der Waals surface area contributed by atoms with Gasteiger partial charge in [0.1, 0.15) is 5.75 Å². The van der Waals surface area contributed by atoms with Crippen molar-refractivity contribution >= 4 is 47.2 Å². The van der Waals surface area contributed by atoms with Gasteiger partial charge in [0.15, 0.2) is 4.30 Å². The van der Waals surface area contributed by atoms with E-state index in [-0.39, 0.29) is 12.4 Å². The fraction of sp³-hybridized carbons (Fsp3) is 0.143. The smallest absolute Gasteiger partial charge is 0.180 e. The van der Waals surface area contributed by atoms with Crippen LogP contribution in [0.3, 0.4) is 0 Å². The number of rotatable bonds is 0. The average molecular weight is 250 g/mol. The highest BCUT2D eigenvalue weighted by atomic mass is 35.6. The Bertz CT molecular complexity index is 175. The summed E-state index contributed by atoms with van der Waals surface area (Å²) in [6.07, 6.45) is 0. The van der Waals surface area contributed by atoms with Crippen LogP contribution in [0.15, 0.2) is 30.3 Å². The summed E-state index contributed by atoms with van der Waals surface area (Å²) in [7, 11) is 0. The molecule has 0 aromatic heterocycles. The van der Waals surface area contributed by atoms with E-state index in [0.29, 0.717) is 5.75 Å². The zero-order chi connectivity index (χ0) is 8.69. The Morgan fingerprint density at radius 2 is 1.33 bits per heavy atom. The zero-order valence-corrected chi connectivity index (χ0v) is 9.04. The molecule has 1 aromatic carbocycles. The number of hydrogen-bond donors (Lipinski definition) is 1. The lowest BCUT2D eigenvalue weighted by atomic mass is 10.3. The molecule has 0 saturated carbocycles. The van der Waals surface area contributed by atoms with E-state index in [1.165, 1.54) is 0 Å². The molecule has 5 heteroatoms. The van der Waals surface area contributed by atoms with Gasteiger partial charge >= 0.3 is 0 Å². The van der Waals surface area contributed by atoms with E-state index in [9.17, 15) is 0 Å². The van der Waals surface area contributed by atoms with Gasteiger partial charge in [-0.3, -0.25) is 0 Å². The van der Waals surface area contributed by atoms with Crippen LogP contribution in [0.5, 0.6) is 5.75 Å². The molecule has 1 rings (SSSR count). The van der Waals surface area contributed by atoms with Crippen LogP contribution < -0.4 is 0 Å². The summed E-state index contributed by atoms with van der Waals surface area (Å²) in [5, 5.41) is 8.63. The van der Waals surface area contributed by atoms with E-state index in [1.807, 2.05) is 6.07 Å². The Labute approximate surface area is 92.7 Å². The number of para-hydroxylation sites is 1. The third-order valence-electron chi connectivity index (χ3n) is 0.756. The van der Waals surface area contributed by atoms with Crippen LogP contribution in [0.4, 0.5) is 0 Å². The standard InChI is InChI=1S/C6H6O.CHCl3.ClH/c7-6-4-2-1-3-5-6;2-1(3)4;/h1-5,7H;1H;1H. The Morgan fingerprint density at radius 1 is 1.00 bits per heavy atom. The highest BCUT2D eigenvalue weighted by Crippen LogP contribution is 2.03. The molecule has 1 nitrogen and oxygen atoms in total. The quantitative estimate of drug-likeness (QED) is 0.694. The predicted octanol–water partition coefficient (Wildman–Crippen LogP) is 3.80. The molecule has 0 aliphatic rings. The van der Waals surface area contributed by atoms with Gasteiger partial charge in [0.25, 0.3) is 0 Å². The largest absolute Gasteiger partial charge is 0.508 e.